The normalized spacial score (nSPS) is 15.5. The molecule has 1 N–H and O–H groups in total. The van der Waals surface area contributed by atoms with E-state index in [-0.39, 0.29) is 18.0 Å². The van der Waals surface area contributed by atoms with Crippen molar-refractivity contribution in [2.75, 3.05) is 19.7 Å². The number of rotatable bonds is 3. The monoisotopic (exact) mass is 344 g/mol. The minimum Gasteiger partial charge on any atom is -0.450 e. The Bertz CT molecular complexity index is 558. The molecule has 0 aromatic heterocycles. The van der Waals surface area contributed by atoms with E-state index in [0.29, 0.717) is 48.1 Å². The molecular weight excluding hydrogens is 327 g/mol. The Kier molecular flexibility index (Phi) is 5.91. The van der Waals surface area contributed by atoms with Gasteiger partial charge < -0.3 is 15.0 Å². The molecule has 1 saturated heterocycles. The highest BCUT2D eigenvalue weighted by Gasteiger charge is 2.24. The average Bonchev–Trinajstić information content (AvgIpc) is 2.51. The molecule has 1 aliphatic rings. The highest BCUT2D eigenvalue weighted by Crippen LogP contribution is 2.22. The molecule has 0 atom stereocenters. The van der Waals surface area contributed by atoms with Crippen LogP contribution in [-0.2, 0) is 4.74 Å². The average molecular weight is 345 g/mol. The molecule has 1 aliphatic heterocycles. The van der Waals surface area contributed by atoms with Gasteiger partial charge in [-0.15, -0.1) is 0 Å². The minimum absolute atomic E-state index is 0.0348. The van der Waals surface area contributed by atoms with Crippen molar-refractivity contribution < 1.29 is 14.3 Å². The number of amides is 2. The highest BCUT2D eigenvalue weighted by atomic mass is 35.5. The van der Waals surface area contributed by atoms with Gasteiger partial charge in [-0.2, -0.15) is 0 Å². The summed E-state index contributed by atoms with van der Waals surface area (Å²) in [6.07, 6.45) is 1.11. The summed E-state index contributed by atoms with van der Waals surface area (Å²) in [5.74, 6) is -0.187. The Hall–Kier alpha value is -1.46. The fourth-order valence-corrected chi connectivity index (χ4v) is 2.63. The zero-order valence-electron chi connectivity index (χ0n) is 12.3. The summed E-state index contributed by atoms with van der Waals surface area (Å²) in [5, 5.41) is 3.72. The van der Waals surface area contributed by atoms with Crippen molar-refractivity contribution in [1.82, 2.24) is 10.2 Å². The predicted octanol–water partition coefficient (Wildman–Crippen LogP) is 3.34. The van der Waals surface area contributed by atoms with E-state index in [4.69, 9.17) is 27.9 Å². The van der Waals surface area contributed by atoms with Gasteiger partial charge in [0.1, 0.15) is 0 Å². The van der Waals surface area contributed by atoms with Gasteiger partial charge >= 0.3 is 6.09 Å². The first-order valence-corrected chi connectivity index (χ1v) is 7.94. The van der Waals surface area contributed by atoms with Crippen LogP contribution >= 0.6 is 23.2 Å². The summed E-state index contributed by atoms with van der Waals surface area (Å²) in [6.45, 7) is 3.30. The molecule has 1 heterocycles. The number of likely N-dealkylation sites (tertiary alicyclic amines) is 1. The van der Waals surface area contributed by atoms with Crippen molar-refractivity contribution in [1.29, 1.82) is 0 Å². The van der Waals surface area contributed by atoms with Crippen LogP contribution in [0.4, 0.5) is 4.79 Å². The van der Waals surface area contributed by atoms with E-state index >= 15 is 0 Å². The van der Waals surface area contributed by atoms with Crippen LogP contribution in [-0.4, -0.2) is 42.6 Å². The summed E-state index contributed by atoms with van der Waals surface area (Å²) in [7, 11) is 0. The number of nitrogens with zero attached hydrogens (tertiary/aromatic N) is 1. The van der Waals surface area contributed by atoms with Gasteiger partial charge in [-0.1, -0.05) is 23.2 Å². The standard InChI is InChI=1S/C15H18Cl2N2O3/c1-2-22-15(21)19-7-5-11(6-8-19)18-14(20)10-3-4-12(16)13(17)9-10/h3-4,9,11H,2,5-8H2,1H3,(H,18,20). The molecule has 1 aromatic carbocycles. The lowest BCUT2D eigenvalue weighted by atomic mass is 10.0. The van der Waals surface area contributed by atoms with Gasteiger partial charge in [0.25, 0.3) is 5.91 Å². The number of hydrogen-bond donors (Lipinski definition) is 1. The van der Waals surface area contributed by atoms with E-state index in [0.717, 1.165) is 0 Å². The number of benzene rings is 1. The van der Waals surface area contributed by atoms with Gasteiger partial charge in [0.05, 0.1) is 16.7 Å². The zero-order valence-corrected chi connectivity index (χ0v) is 13.8. The molecule has 120 valence electrons. The van der Waals surface area contributed by atoms with E-state index in [1.807, 2.05) is 0 Å². The maximum atomic E-state index is 12.2. The second-order valence-electron chi connectivity index (χ2n) is 5.06. The summed E-state index contributed by atoms with van der Waals surface area (Å²) in [6, 6.07) is 4.82. The number of carbonyl (C=O) groups excluding carboxylic acids is 2. The molecule has 0 spiro atoms. The van der Waals surface area contributed by atoms with Crippen LogP contribution in [0.1, 0.15) is 30.1 Å². The third kappa shape index (κ3) is 4.27. The molecule has 0 radical (unpaired) electrons. The Morgan fingerprint density at radius 2 is 1.95 bits per heavy atom. The molecule has 1 aromatic rings. The van der Waals surface area contributed by atoms with E-state index in [1.165, 1.54) is 0 Å². The lowest BCUT2D eigenvalue weighted by molar-refractivity contribution is 0.0860. The first-order chi connectivity index (χ1) is 10.5. The van der Waals surface area contributed by atoms with Gasteiger partial charge in [-0.05, 0) is 38.0 Å². The number of halogens is 2. The second kappa shape index (κ2) is 7.70. The number of nitrogens with one attached hydrogen (secondary N) is 1. The smallest absolute Gasteiger partial charge is 0.409 e. The van der Waals surface area contributed by atoms with E-state index in [1.54, 1.807) is 30.0 Å². The molecule has 22 heavy (non-hydrogen) atoms. The van der Waals surface area contributed by atoms with Crippen LogP contribution in [0.25, 0.3) is 0 Å². The summed E-state index contributed by atoms with van der Waals surface area (Å²) < 4.78 is 4.96. The van der Waals surface area contributed by atoms with Crippen LogP contribution in [0.2, 0.25) is 10.0 Å². The quantitative estimate of drug-likeness (QED) is 0.914. The van der Waals surface area contributed by atoms with Gasteiger partial charge in [0.15, 0.2) is 0 Å². The first-order valence-electron chi connectivity index (χ1n) is 7.19. The van der Waals surface area contributed by atoms with Crippen LogP contribution in [0.3, 0.4) is 0 Å². The molecule has 2 rings (SSSR count). The summed E-state index contributed by atoms with van der Waals surface area (Å²) in [5.41, 5.74) is 0.474. The van der Waals surface area contributed by atoms with Crippen molar-refractivity contribution in [3.05, 3.63) is 33.8 Å². The number of ether oxygens (including phenoxy) is 1. The fourth-order valence-electron chi connectivity index (χ4n) is 2.33. The molecule has 0 saturated carbocycles. The van der Waals surface area contributed by atoms with Gasteiger partial charge in [-0.3, -0.25) is 4.79 Å². The number of carbonyl (C=O) groups is 2. The fraction of sp³-hybridized carbons (Fsp3) is 0.467. The van der Waals surface area contributed by atoms with E-state index in [2.05, 4.69) is 5.32 Å². The summed E-state index contributed by atoms with van der Waals surface area (Å²) >= 11 is 11.7. The van der Waals surface area contributed by atoms with Crippen molar-refractivity contribution in [3.63, 3.8) is 0 Å². The maximum absolute atomic E-state index is 12.2. The SMILES string of the molecule is CCOC(=O)N1CCC(NC(=O)c2ccc(Cl)c(Cl)c2)CC1. The van der Waals surface area contributed by atoms with E-state index in [9.17, 15) is 9.59 Å². The lowest BCUT2D eigenvalue weighted by Gasteiger charge is -2.31. The molecule has 2 amide bonds. The topological polar surface area (TPSA) is 58.6 Å². The largest absolute Gasteiger partial charge is 0.450 e. The Morgan fingerprint density at radius 1 is 1.27 bits per heavy atom. The molecule has 0 unspecified atom stereocenters. The predicted molar refractivity (Wildman–Crippen MR) is 85.5 cm³/mol. The van der Waals surface area contributed by atoms with Gasteiger partial charge in [0, 0.05) is 24.7 Å². The van der Waals surface area contributed by atoms with Crippen LogP contribution < -0.4 is 5.32 Å². The third-order valence-electron chi connectivity index (χ3n) is 3.54. The Labute approximate surface area is 139 Å². The maximum Gasteiger partial charge on any atom is 0.409 e. The van der Waals surface area contributed by atoms with Gasteiger partial charge in [0.2, 0.25) is 0 Å². The molecule has 1 fully saturated rings. The van der Waals surface area contributed by atoms with Crippen molar-refractivity contribution in [2.45, 2.75) is 25.8 Å². The highest BCUT2D eigenvalue weighted by molar-refractivity contribution is 6.42. The molecule has 7 heteroatoms. The minimum atomic E-state index is -0.295. The third-order valence-corrected chi connectivity index (χ3v) is 4.28. The molecule has 0 bridgehead atoms. The van der Waals surface area contributed by atoms with Crippen LogP contribution in [0, 0.1) is 0 Å². The van der Waals surface area contributed by atoms with Crippen molar-refractivity contribution in [3.8, 4) is 0 Å². The van der Waals surface area contributed by atoms with E-state index < -0.39 is 0 Å². The van der Waals surface area contributed by atoms with Gasteiger partial charge in [-0.25, -0.2) is 4.79 Å². The number of piperidine rings is 1. The van der Waals surface area contributed by atoms with Crippen molar-refractivity contribution in [2.24, 2.45) is 0 Å². The number of hydrogen-bond acceptors (Lipinski definition) is 3. The second-order valence-corrected chi connectivity index (χ2v) is 5.88. The summed E-state index contributed by atoms with van der Waals surface area (Å²) in [4.78, 5) is 25.4. The van der Waals surface area contributed by atoms with Crippen molar-refractivity contribution >= 4 is 35.2 Å². The lowest BCUT2D eigenvalue weighted by Crippen LogP contribution is -2.46. The molecular formula is C15H18Cl2N2O3. The Morgan fingerprint density at radius 3 is 2.55 bits per heavy atom. The zero-order chi connectivity index (χ0) is 16.1. The first kappa shape index (κ1) is 16.9. The van der Waals surface area contributed by atoms with Crippen LogP contribution in [0.5, 0.6) is 0 Å². The molecule has 5 nitrogen and oxygen atoms in total. The molecule has 0 aliphatic carbocycles. The van der Waals surface area contributed by atoms with Crippen LogP contribution in [0.15, 0.2) is 18.2 Å². The Balaban J connectivity index is 1.86.